The Hall–Kier alpha value is -3.77. The van der Waals surface area contributed by atoms with Gasteiger partial charge in [-0.05, 0) is 82.2 Å². The number of rotatable bonds is 7. The number of amides is 1. The normalized spacial score (nSPS) is 21.0. The predicted molar refractivity (Wildman–Crippen MR) is 145 cm³/mol. The zero-order valence-corrected chi connectivity index (χ0v) is 23.0. The summed E-state index contributed by atoms with van der Waals surface area (Å²) in [5, 5.41) is 18.8. The monoisotopic (exact) mass is 546 g/mol. The maximum Gasteiger partial charge on any atom is 0.411 e. The summed E-state index contributed by atoms with van der Waals surface area (Å²) in [5.74, 6) is -0.400. The highest BCUT2D eigenvalue weighted by Gasteiger charge is 2.52. The molecule has 0 unspecified atom stereocenters. The molecule has 5 rings (SSSR count). The molecule has 0 N–H and O–H groups in total. The molecule has 4 atom stereocenters. The fourth-order valence-electron chi connectivity index (χ4n) is 5.61. The van der Waals surface area contributed by atoms with Gasteiger partial charge in [0.2, 0.25) is 0 Å². The number of hydrogen-bond donors (Lipinski definition) is 0. The fourth-order valence-corrected chi connectivity index (χ4v) is 5.72. The van der Waals surface area contributed by atoms with Gasteiger partial charge in [0.25, 0.3) is 0 Å². The van der Waals surface area contributed by atoms with Crippen molar-refractivity contribution in [2.45, 2.75) is 70.6 Å². The van der Waals surface area contributed by atoms with Crippen molar-refractivity contribution in [2.24, 2.45) is 11.8 Å². The second-order valence-corrected chi connectivity index (χ2v) is 11.8. The first-order valence-corrected chi connectivity index (χ1v) is 13.6. The number of aromatic nitrogens is 4. The number of fused-ring (bicyclic) bond motifs is 2. The molecule has 1 saturated heterocycles. The van der Waals surface area contributed by atoms with Crippen LogP contribution in [-0.2, 0) is 16.0 Å². The number of nitriles is 1. The Kier molecular flexibility index (Phi) is 7.41. The van der Waals surface area contributed by atoms with E-state index >= 15 is 0 Å². The summed E-state index contributed by atoms with van der Waals surface area (Å²) in [7, 11) is 0. The number of carbonyl (C=O) groups is 2. The zero-order chi connectivity index (χ0) is 27.7. The summed E-state index contributed by atoms with van der Waals surface area (Å²) < 4.78 is 7.26. The maximum atomic E-state index is 13.4. The lowest BCUT2D eigenvalue weighted by molar-refractivity contribution is -0.126. The van der Waals surface area contributed by atoms with Gasteiger partial charge in [-0.15, -0.1) is 5.10 Å². The van der Waals surface area contributed by atoms with E-state index < -0.39 is 23.7 Å². The van der Waals surface area contributed by atoms with Crippen LogP contribution in [0.5, 0.6) is 0 Å². The van der Waals surface area contributed by atoms with Crippen LogP contribution in [0.2, 0.25) is 5.02 Å². The first kappa shape index (κ1) is 26.8. The first-order chi connectivity index (χ1) is 18.6. The summed E-state index contributed by atoms with van der Waals surface area (Å²) in [6, 6.07) is 13.0. The van der Waals surface area contributed by atoms with Gasteiger partial charge in [-0.25, -0.2) is 9.48 Å². The zero-order valence-electron chi connectivity index (χ0n) is 22.2. The van der Waals surface area contributed by atoms with Gasteiger partial charge in [0.15, 0.2) is 5.78 Å². The van der Waals surface area contributed by atoms with Crippen LogP contribution in [0.1, 0.15) is 52.0 Å². The molecule has 2 aliphatic rings. The minimum absolute atomic E-state index is 0.0413. The summed E-state index contributed by atoms with van der Waals surface area (Å²) in [4.78, 5) is 32.3. The number of piperidine rings is 1. The van der Waals surface area contributed by atoms with Crippen molar-refractivity contribution >= 4 is 23.5 Å². The molecule has 2 bridgehead atoms. The molecular weight excluding hydrogens is 516 g/mol. The molecule has 202 valence electrons. The summed E-state index contributed by atoms with van der Waals surface area (Å²) in [5.41, 5.74) is 2.42. The minimum Gasteiger partial charge on any atom is -0.444 e. The van der Waals surface area contributed by atoms with Crippen molar-refractivity contribution in [1.29, 1.82) is 5.26 Å². The van der Waals surface area contributed by atoms with Crippen molar-refractivity contribution in [3.63, 3.8) is 0 Å². The third kappa shape index (κ3) is 5.96. The van der Waals surface area contributed by atoms with Gasteiger partial charge < -0.3 is 4.74 Å². The SMILES string of the molecule is CC(C)(C)OC(=O)N1[C@@H]2CC[C@@H](C2)[C@H]1C(=O)C[C@H](C#N)Cc1ccc(-n2cc(-c3ccc(Cl)cn3)nn2)cc1. The molecule has 9 nitrogen and oxygen atoms in total. The lowest BCUT2D eigenvalue weighted by Gasteiger charge is -2.35. The van der Waals surface area contributed by atoms with E-state index in [0.717, 1.165) is 30.5 Å². The molecule has 3 aromatic rings. The molecule has 10 heteroatoms. The molecule has 1 amide bonds. The van der Waals surface area contributed by atoms with Crippen molar-refractivity contribution in [3.05, 3.63) is 59.4 Å². The highest BCUT2D eigenvalue weighted by molar-refractivity contribution is 6.30. The van der Waals surface area contributed by atoms with Gasteiger partial charge in [0.1, 0.15) is 11.3 Å². The van der Waals surface area contributed by atoms with E-state index in [-0.39, 0.29) is 24.2 Å². The Morgan fingerprint density at radius 1 is 1.15 bits per heavy atom. The molecule has 1 aliphatic carbocycles. The summed E-state index contributed by atoms with van der Waals surface area (Å²) >= 11 is 5.91. The number of nitrogens with zero attached hydrogens (tertiary/aromatic N) is 6. The number of carbonyl (C=O) groups excluding carboxylic acids is 2. The van der Waals surface area contributed by atoms with Gasteiger partial charge in [0.05, 0.1) is 40.6 Å². The van der Waals surface area contributed by atoms with Crippen LogP contribution >= 0.6 is 11.6 Å². The van der Waals surface area contributed by atoms with Crippen LogP contribution in [0.3, 0.4) is 0 Å². The third-order valence-electron chi connectivity index (χ3n) is 7.32. The first-order valence-electron chi connectivity index (χ1n) is 13.2. The number of ether oxygens (including phenoxy) is 1. The smallest absolute Gasteiger partial charge is 0.411 e. The second kappa shape index (κ2) is 10.8. The molecule has 3 heterocycles. The van der Waals surface area contributed by atoms with E-state index in [1.807, 2.05) is 45.0 Å². The van der Waals surface area contributed by atoms with Crippen LogP contribution in [-0.4, -0.2) is 54.4 Å². The largest absolute Gasteiger partial charge is 0.444 e. The number of halogens is 1. The van der Waals surface area contributed by atoms with E-state index in [2.05, 4.69) is 21.4 Å². The van der Waals surface area contributed by atoms with Gasteiger partial charge in [-0.2, -0.15) is 5.26 Å². The van der Waals surface area contributed by atoms with E-state index in [0.29, 0.717) is 22.8 Å². The highest BCUT2D eigenvalue weighted by Crippen LogP contribution is 2.44. The maximum absolute atomic E-state index is 13.4. The number of hydrogen-bond acceptors (Lipinski definition) is 7. The highest BCUT2D eigenvalue weighted by atomic mass is 35.5. The van der Waals surface area contributed by atoms with E-state index in [1.54, 1.807) is 34.1 Å². The molecule has 1 saturated carbocycles. The van der Waals surface area contributed by atoms with Crippen LogP contribution in [0.15, 0.2) is 48.8 Å². The fraction of sp³-hybridized carbons (Fsp3) is 0.448. The number of likely N-dealkylation sites (tertiary alicyclic amines) is 1. The van der Waals surface area contributed by atoms with Crippen molar-refractivity contribution in [1.82, 2.24) is 24.9 Å². The lowest BCUT2D eigenvalue weighted by atomic mass is 9.88. The van der Waals surface area contributed by atoms with Crippen LogP contribution in [0, 0.1) is 23.2 Å². The predicted octanol–water partition coefficient (Wildman–Crippen LogP) is 5.41. The molecule has 39 heavy (non-hydrogen) atoms. The van der Waals surface area contributed by atoms with Gasteiger partial charge in [0, 0.05) is 18.7 Å². The Bertz CT molecular complexity index is 1390. The Morgan fingerprint density at radius 3 is 2.59 bits per heavy atom. The lowest BCUT2D eigenvalue weighted by Crippen LogP contribution is -2.51. The number of Topliss-reactive ketones (excluding diaryl/α,β-unsaturated/α-hetero) is 1. The summed E-state index contributed by atoms with van der Waals surface area (Å²) in [6.45, 7) is 5.48. The molecule has 2 aromatic heterocycles. The van der Waals surface area contributed by atoms with Crippen LogP contribution in [0.4, 0.5) is 4.79 Å². The quantitative estimate of drug-likeness (QED) is 0.389. The number of pyridine rings is 1. The Balaban J connectivity index is 1.23. The van der Waals surface area contributed by atoms with Crippen LogP contribution in [0.25, 0.3) is 17.1 Å². The number of benzene rings is 1. The van der Waals surface area contributed by atoms with E-state index in [4.69, 9.17) is 16.3 Å². The van der Waals surface area contributed by atoms with Crippen molar-refractivity contribution in [2.75, 3.05) is 0 Å². The molecular formula is C29H31ClN6O3. The molecule has 0 radical (unpaired) electrons. The van der Waals surface area contributed by atoms with E-state index in [1.165, 1.54) is 0 Å². The Labute approximate surface area is 232 Å². The average Bonchev–Trinajstić information content (AvgIpc) is 3.65. The van der Waals surface area contributed by atoms with Crippen molar-refractivity contribution < 1.29 is 14.3 Å². The van der Waals surface area contributed by atoms with Gasteiger partial charge >= 0.3 is 6.09 Å². The van der Waals surface area contributed by atoms with Gasteiger partial charge in [-0.1, -0.05) is 28.9 Å². The average molecular weight is 547 g/mol. The Morgan fingerprint density at radius 2 is 1.92 bits per heavy atom. The summed E-state index contributed by atoms with van der Waals surface area (Å²) in [6.07, 6.45) is 6.11. The topological polar surface area (TPSA) is 114 Å². The minimum atomic E-state index is -0.631. The second-order valence-electron chi connectivity index (χ2n) is 11.3. The number of ketones is 1. The molecule has 2 fully saturated rings. The third-order valence-corrected chi connectivity index (χ3v) is 7.54. The molecule has 1 aromatic carbocycles. The van der Waals surface area contributed by atoms with Crippen molar-refractivity contribution in [3.8, 4) is 23.1 Å². The van der Waals surface area contributed by atoms with Crippen LogP contribution < -0.4 is 0 Å². The van der Waals surface area contributed by atoms with Gasteiger partial charge in [-0.3, -0.25) is 14.7 Å². The van der Waals surface area contributed by atoms with E-state index in [9.17, 15) is 14.9 Å². The standard InChI is InChI=1S/C29H31ClN6O3/c1-29(2,3)39-28(38)36-23-10-6-20(14-23)27(36)26(37)13-19(15-31)12-18-4-8-22(9-5-18)35-17-25(33-34-35)24-11-7-21(30)16-32-24/h4-5,7-9,11,16-17,19-20,23,27H,6,10,12-14H2,1-3H3/t19-,20+,23-,27+/m1/s1. The molecule has 0 spiro atoms. The molecule has 1 aliphatic heterocycles.